The molecule has 3 aliphatic rings. The summed E-state index contributed by atoms with van der Waals surface area (Å²) in [5.74, 6) is 5.18. The van der Waals surface area contributed by atoms with Crippen molar-refractivity contribution in [1.82, 2.24) is 63.0 Å². The van der Waals surface area contributed by atoms with E-state index in [1.165, 1.54) is 19.3 Å². The first-order valence-corrected chi connectivity index (χ1v) is 40.8. The number of nitrogens with zero attached hydrogens (tertiary/aromatic N) is 13. The van der Waals surface area contributed by atoms with E-state index < -0.39 is 20.2 Å². The SMILES string of the molecule is Cc1ccc(S(=O)(=O)OCC2CC(c3nc(-c4ccc5ccc(-c6ccccc6)nc5c4)c4c(N)nccn34)C2)cc1.Cc1ccc(S(=O)(=O)OCC2CC(c3nc(-c4ccc5ccc(-c6ccccc6)nc5c4)c4c(N)nccn34)C2)cc1.Nc1nccn2c(C3CCC3)nc(-c3ccc4ccc(-c5cccnc5)nc4c3)c12. The standard InChI is InChI=1S/2C33H29N5O3S.C24H20N6/c2*1-21-7-12-27(13-8-21)42(39,40)41-20-22-17-26(18-22)33-37-30(31-32(34)35-15-16-38(31)33)25-10-9-24-11-14-28(36-29(24)19-25)23-5-3-2-4-6-23;25-23-22-21(29-24(16-3-1-4-16)30(22)12-11-27-23)17-7-6-15-8-9-19(28-20(15)13-17)18-5-2-10-26-14-18/h2*2-16,19,22,26H,17-18,20H2,1H3,(H2,34,35);2,5-14,16H,1,3-4H2,(H2,25,27). The molecule has 22 nitrogen and oxygen atoms in total. The first kappa shape index (κ1) is 72.5. The van der Waals surface area contributed by atoms with Crippen molar-refractivity contribution in [2.24, 2.45) is 11.8 Å². The van der Waals surface area contributed by atoms with Crippen LogP contribution in [0.3, 0.4) is 0 Å². The van der Waals surface area contributed by atoms with E-state index in [1.54, 1.807) is 73.3 Å². The van der Waals surface area contributed by atoms with E-state index in [-0.39, 0.29) is 46.7 Å². The number of rotatable bonds is 17. The Hall–Kier alpha value is -13.0. The summed E-state index contributed by atoms with van der Waals surface area (Å²) in [5, 5.41) is 3.16. The molecule has 0 spiro atoms. The van der Waals surface area contributed by atoms with E-state index >= 15 is 0 Å². The maximum Gasteiger partial charge on any atom is 0.296 e. The zero-order valence-electron chi connectivity index (χ0n) is 62.4. The van der Waals surface area contributed by atoms with E-state index in [9.17, 15) is 16.8 Å². The third-order valence-corrected chi connectivity index (χ3v) is 24.6. The molecule has 0 unspecified atom stereocenters. The van der Waals surface area contributed by atoms with Gasteiger partial charge in [-0.25, -0.2) is 44.9 Å². The number of imidazole rings is 3. The van der Waals surface area contributed by atoms with Gasteiger partial charge in [0.1, 0.15) is 68.6 Å². The average Bonchev–Trinajstić information content (AvgIpc) is 1.61. The van der Waals surface area contributed by atoms with Crippen LogP contribution in [0.5, 0.6) is 0 Å². The highest BCUT2D eigenvalue weighted by atomic mass is 32.2. The lowest BCUT2D eigenvalue weighted by Gasteiger charge is -2.34. The minimum absolute atomic E-state index is 0.117. The number of aromatic nitrogens is 13. The number of nitrogen functional groups attached to an aromatic ring is 3. The monoisotopic (exact) mass is 1540 g/mol. The molecule has 17 aromatic rings. The minimum Gasteiger partial charge on any atom is -0.382 e. The fourth-order valence-electron chi connectivity index (χ4n) is 15.5. The van der Waals surface area contributed by atoms with E-state index in [2.05, 4.69) is 97.1 Å². The molecule has 0 amide bonds. The Balaban J connectivity index is 0.000000121. The van der Waals surface area contributed by atoms with Crippen molar-refractivity contribution >= 4 is 86.9 Å². The van der Waals surface area contributed by atoms with Crippen molar-refractivity contribution in [2.75, 3.05) is 30.4 Å². The van der Waals surface area contributed by atoms with E-state index in [0.29, 0.717) is 23.4 Å². The molecular weight excluding hydrogens is 1470 g/mol. The molecule has 0 atom stereocenters. The van der Waals surface area contributed by atoms with Gasteiger partial charge in [-0.3, -0.25) is 26.6 Å². The Morgan fingerprint density at radius 2 is 0.728 bits per heavy atom. The van der Waals surface area contributed by atoms with Gasteiger partial charge in [-0.1, -0.05) is 157 Å². The number of anilines is 3. The molecule has 24 heteroatoms. The fraction of sp³-hybridized carbons (Fsp3) is 0.178. The zero-order valence-corrected chi connectivity index (χ0v) is 64.0. The van der Waals surface area contributed by atoms with Gasteiger partial charge in [0.15, 0.2) is 0 Å². The summed E-state index contributed by atoms with van der Waals surface area (Å²) in [6.45, 7) is 4.12. The average molecular weight is 1540 g/mol. The zero-order chi connectivity index (χ0) is 77.8. The van der Waals surface area contributed by atoms with Gasteiger partial charge < -0.3 is 17.2 Å². The predicted molar refractivity (Wildman–Crippen MR) is 445 cm³/mol. The minimum atomic E-state index is -3.79. The Labute approximate surface area is 657 Å². The summed E-state index contributed by atoms with van der Waals surface area (Å²) < 4.78 is 67.5. The Morgan fingerprint density at radius 1 is 0.377 bits per heavy atom. The van der Waals surface area contributed by atoms with Gasteiger partial charge in [0.2, 0.25) is 0 Å². The van der Waals surface area contributed by atoms with Crippen molar-refractivity contribution in [3.63, 3.8) is 0 Å². The van der Waals surface area contributed by atoms with Gasteiger partial charge in [-0.15, -0.1) is 0 Å². The summed E-state index contributed by atoms with van der Waals surface area (Å²) in [4.78, 5) is 47.5. The van der Waals surface area contributed by atoms with Crippen LogP contribution >= 0.6 is 0 Å². The third kappa shape index (κ3) is 14.4. The highest BCUT2D eigenvalue weighted by Crippen LogP contribution is 2.47. The van der Waals surface area contributed by atoms with Crippen LogP contribution < -0.4 is 17.2 Å². The molecule has 10 heterocycles. The molecule has 114 heavy (non-hydrogen) atoms. The number of aryl methyl sites for hydroxylation is 2. The lowest BCUT2D eigenvalue weighted by Crippen LogP contribution is -2.28. The van der Waals surface area contributed by atoms with Gasteiger partial charge in [0.25, 0.3) is 20.2 Å². The first-order chi connectivity index (χ1) is 55.5. The first-order valence-electron chi connectivity index (χ1n) is 38.0. The van der Waals surface area contributed by atoms with Gasteiger partial charge in [0, 0.05) is 117 Å². The number of hydrogen-bond donors (Lipinski definition) is 3. The van der Waals surface area contributed by atoms with Crippen LogP contribution in [0.2, 0.25) is 0 Å². The molecule has 6 N–H and O–H groups in total. The molecule has 7 aromatic carbocycles. The summed E-state index contributed by atoms with van der Waals surface area (Å²) in [6.07, 6.45) is 21.1. The predicted octanol–water partition coefficient (Wildman–Crippen LogP) is 17.7. The number of nitrogens with two attached hydrogens (primary N) is 3. The highest BCUT2D eigenvalue weighted by molar-refractivity contribution is 7.87. The largest absolute Gasteiger partial charge is 0.382 e. The summed E-state index contributed by atoms with van der Waals surface area (Å²) in [7, 11) is -7.59. The number of hydrogen-bond acceptors (Lipinski definition) is 19. The second-order valence-electron chi connectivity index (χ2n) is 29.6. The summed E-state index contributed by atoms with van der Waals surface area (Å²) in [6, 6.07) is 68.4. The molecule has 0 aliphatic heterocycles. The number of pyridine rings is 4. The van der Waals surface area contributed by atoms with Crippen LogP contribution in [0, 0.1) is 25.7 Å². The molecule has 3 aliphatic carbocycles. The van der Waals surface area contributed by atoms with Crippen LogP contribution in [-0.4, -0.2) is 93.1 Å². The Kier molecular flexibility index (Phi) is 19.2. The smallest absolute Gasteiger partial charge is 0.296 e. The molecule has 0 radical (unpaired) electrons. The van der Waals surface area contributed by atoms with Gasteiger partial charge in [-0.2, -0.15) is 16.8 Å². The Morgan fingerprint density at radius 3 is 1.08 bits per heavy atom. The summed E-state index contributed by atoms with van der Waals surface area (Å²) in [5.41, 5.74) is 37.1. The van der Waals surface area contributed by atoms with Crippen molar-refractivity contribution in [2.45, 2.75) is 86.3 Å². The maximum absolute atomic E-state index is 12.6. The molecule has 10 aromatic heterocycles. The van der Waals surface area contributed by atoms with Crippen molar-refractivity contribution in [3.8, 4) is 67.5 Å². The summed E-state index contributed by atoms with van der Waals surface area (Å²) >= 11 is 0. The quantitative estimate of drug-likeness (QED) is 0.0713. The van der Waals surface area contributed by atoms with Crippen LogP contribution in [0.15, 0.2) is 272 Å². The molecule has 3 saturated carbocycles. The van der Waals surface area contributed by atoms with Gasteiger partial charge in [-0.05, 0) is 137 Å². The fourth-order valence-corrected chi connectivity index (χ4v) is 17.4. The topological polar surface area (TPSA) is 307 Å². The normalized spacial score (nSPS) is 16.3. The van der Waals surface area contributed by atoms with Crippen LogP contribution in [-0.2, 0) is 28.6 Å². The highest BCUT2D eigenvalue weighted by Gasteiger charge is 2.38. The molecular formula is C90H78N16O6S2. The van der Waals surface area contributed by atoms with Gasteiger partial charge in [0.05, 0.1) is 56.6 Å². The second-order valence-corrected chi connectivity index (χ2v) is 32.9. The molecule has 0 saturated heterocycles. The lowest BCUT2D eigenvalue weighted by atomic mass is 9.75. The second kappa shape index (κ2) is 30.2. The van der Waals surface area contributed by atoms with Crippen LogP contribution in [0.25, 0.3) is 117 Å². The molecule has 3 fully saturated rings. The number of benzene rings is 7. The molecule has 20 rings (SSSR count). The maximum atomic E-state index is 12.6. The van der Waals surface area contributed by atoms with Crippen LogP contribution in [0.4, 0.5) is 17.5 Å². The third-order valence-electron chi connectivity index (χ3n) is 22.0. The van der Waals surface area contributed by atoms with Crippen molar-refractivity contribution in [3.05, 3.63) is 290 Å². The van der Waals surface area contributed by atoms with Crippen LogP contribution in [0.1, 0.15) is 91.3 Å². The molecule has 0 bridgehead atoms. The van der Waals surface area contributed by atoms with Gasteiger partial charge >= 0.3 is 0 Å². The van der Waals surface area contributed by atoms with Crippen molar-refractivity contribution < 1.29 is 25.2 Å². The van der Waals surface area contributed by atoms with E-state index in [0.717, 1.165) is 171 Å². The Bertz CT molecular complexity index is 6440. The van der Waals surface area contributed by atoms with Crippen molar-refractivity contribution in [1.29, 1.82) is 0 Å². The molecule has 566 valence electrons. The van der Waals surface area contributed by atoms with E-state index in [4.69, 9.17) is 55.5 Å². The van der Waals surface area contributed by atoms with E-state index in [1.807, 2.05) is 138 Å². The number of fused-ring (bicyclic) bond motifs is 6. The lowest BCUT2D eigenvalue weighted by molar-refractivity contribution is 0.158.